The van der Waals surface area contributed by atoms with Gasteiger partial charge < -0.3 is 16.0 Å². The molecular weight excluding hydrogens is 252 g/mol. The Morgan fingerprint density at radius 2 is 1.89 bits per heavy atom. The maximum Gasteiger partial charge on any atom is 0.267 e. The van der Waals surface area contributed by atoms with E-state index in [9.17, 15) is 13.6 Å². The first kappa shape index (κ1) is 13.1. The molecule has 0 aliphatic rings. The fraction of sp³-hybridized carbons (Fsp3) is 0.154. The summed E-state index contributed by atoms with van der Waals surface area (Å²) < 4.78 is 25.9. The smallest absolute Gasteiger partial charge is 0.267 e. The van der Waals surface area contributed by atoms with Crippen LogP contribution in [0.2, 0.25) is 0 Å². The zero-order valence-corrected chi connectivity index (χ0v) is 10.0. The Bertz CT molecular complexity index is 575. The van der Waals surface area contributed by atoms with Gasteiger partial charge in [0.25, 0.3) is 5.91 Å². The Morgan fingerprint density at radius 1 is 1.21 bits per heavy atom. The van der Waals surface area contributed by atoms with Gasteiger partial charge in [0.15, 0.2) is 0 Å². The van der Waals surface area contributed by atoms with E-state index in [0.717, 1.165) is 6.07 Å². The number of nitrogens with one attached hydrogen (secondary N) is 2. The first-order valence-corrected chi connectivity index (χ1v) is 5.71. The molecule has 0 saturated heterocycles. The van der Waals surface area contributed by atoms with Gasteiger partial charge in [-0.25, -0.2) is 8.78 Å². The minimum absolute atomic E-state index is 0.278. The van der Waals surface area contributed by atoms with Crippen LogP contribution < -0.4 is 11.1 Å². The van der Waals surface area contributed by atoms with Crippen LogP contribution in [0.5, 0.6) is 0 Å². The topological polar surface area (TPSA) is 70.9 Å². The molecule has 0 spiro atoms. The van der Waals surface area contributed by atoms with Crippen molar-refractivity contribution in [3.05, 3.63) is 53.4 Å². The Hall–Kier alpha value is -2.37. The van der Waals surface area contributed by atoms with Gasteiger partial charge >= 0.3 is 0 Å². The number of hydrogen-bond acceptors (Lipinski definition) is 2. The molecular formula is C13H13F2N3O. The van der Waals surface area contributed by atoms with Crippen LogP contribution in [0.3, 0.4) is 0 Å². The number of halogens is 2. The van der Waals surface area contributed by atoms with E-state index in [0.29, 0.717) is 23.4 Å². The Morgan fingerprint density at radius 3 is 2.47 bits per heavy atom. The van der Waals surface area contributed by atoms with E-state index < -0.39 is 11.6 Å². The number of anilines is 1. The number of aromatic nitrogens is 1. The van der Waals surface area contributed by atoms with E-state index in [-0.39, 0.29) is 12.5 Å². The number of amides is 1. The number of nitrogen functional groups attached to an aromatic ring is 1. The maximum absolute atomic E-state index is 12.9. The molecule has 0 radical (unpaired) electrons. The predicted octanol–water partition coefficient (Wildman–Crippen LogP) is 1.85. The molecule has 0 aliphatic heterocycles. The molecule has 0 unspecified atom stereocenters. The summed E-state index contributed by atoms with van der Waals surface area (Å²) in [4.78, 5) is 14.4. The predicted molar refractivity (Wildman–Crippen MR) is 67.6 cm³/mol. The van der Waals surface area contributed by atoms with Crippen molar-refractivity contribution in [2.45, 2.75) is 6.42 Å². The zero-order valence-electron chi connectivity index (χ0n) is 10.0. The molecule has 100 valence electrons. The third kappa shape index (κ3) is 3.54. The van der Waals surface area contributed by atoms with Crippen molar-refractivity contribution in [2.24, 2.45) is 0 Å². The van der Waals surface area contributed by atoms with E-state index in [1.165, 1.54) is 24.4 Å². The lowest BCUT2D eigenvalue weighted by atomic mass is 10.1. The summed E-state index contributed by atoms with van der Waals surface area (Å²) in [5.41, 5.74) is 6.78. The molecule has 1 amide bonds. The van der Waals surface area contributed by atoms with Crippen molar-refractivity contribution in [2.75, 3.05) is 12.3 Å². The van der Waals surface area contributed by atoms with Crippen LogP contribution in [0, 0.1) is 11.6 Å². The quantitative estimate of drug-likeness (QED) is 0.789. The highest BCUT2D eigenvalue weighted by atomic mass is 19.1. The number of rotatable bonds is 4. The highest BCUT2D eigenvalue weighted by Crippen LogP contribution is 2.08. The van der Waals surface area contributed by atoms with Crippen LogP contribution in [0.15, 0.2) is 30.5 Å². The Balaban J connectivity index is 1.88. The summed E-state index contributed by atoms with van der Waals surface area (Å²) in [5, 5.41) is 2.63. The molecule has 4 nitrogen and oxygen atoms in total. The van der Waals surface area contributed by atoms with Crippen LogP contribution in [-0.2, 0) is 6.42 Å². The number of carbonyl (C=O) groups is 1. The van der Waals surface area contributed by atoms with Gasteiger partial charge in [0.05, 0.1) is 0 Å². The minimum Gasteiger partial charge on any atom is -0.397 e. The molecule has 0 fully saturated rings. The first-order valence-electron chi connectivity index (χ1n) is 5.71. The number of nitrogens with two attached hydrogens (primary N) is 1. The van der Waals surface area contributed by atoms with Crippen LogP contribution in [0.4, 0.5) is 14.5 Å². The second kappa shape index (κ2) is 5.51. The van der Waals surface area contributed by atoms with Crippen LogP contribution in [0.1, 0.15) is 16.1 Å². The molecule has 0 aliphatic carbocycles. The Kier molecular flexibility index (Phi) is 3.79. The van der Waals surface area contributed by atoms with Gasteiger partial charge in [0, 0.05) is 24.5 Å². The van der Waals surface area contributed by atoms with Gasteiger partial charge in [-0.3, -0.25) is 4.79 Å². The summed E-state index contributed by atoms with van der Waals surface area (Å²) in [5.74, 6) is -1.56. The van der Waals surface area contributed by atoms with Crippen molar-refractivity contribution >= 4 is 11.6 Å². The molecule has 0 bridgehead atoms. The number of H-pyrrole nitrogens is 1. The third-order valence-corrected chi connectivity index (χ3v) is 2.57. The van der Waals surface area contributed by atoms with Gasteiger partial charge in [-0.15, -0.1) is 0 Å². The second-order valence-electron chi connectivity index (χ2n) is 4.13. The van der Waals surface area contributed by atoms with Gasteiger partial charge in [-0.2, -0.15) is 0 Å². The van der Waals surface area contributed by atoms with Crippen molar-refractivity contribution in [3.8, 4) is 0 Å². The SMILES string of the molecule is Nc1c[nH]c(C(=O)NCCc2cc(F)cc(F)c2)c1. The summed E-state index contributed by atoms with van der Waals surface area (Å²) >= 11 is 0. The minimum atomic E-state index is -0.626. The van der Waals surface area contributed by atoms with Gasteiger partial charge in [-0.1, -0.05) is 0 Å². The highest BCUT2D eigenvalue weighted by Gasteiger charge is 2.07. The number of benzene rings is 1. The zero-order chi connectivity index (χ0) is 13.8. The molecule has 2 aromatic rings. The lowest BCUT2D eigenvalue weighted by Gasteiger charge is -2.04. The number of hydrogen-bond donors (Lipinski definition) is 3. The molecule has 19 heavy (non-hydrogen) atoms. The van der Waals surface area contributed by atoms with Crippen LogP contribution in [-0.4, -0.2) is 17.4 Å². The van der Waals surface area contributed by atoms with E-state index in [4.69, 9.17) is 5.73 Å². The molecule has 1 heterocycles. The second-order valence-corrected chi connectivity index (χ2v) is 4.13. The molecule has 0 saturated carbocycles. The lowest BCUT2D eigenvalue weighted by Crippen LogP contribution is -2.26. The van der Waals surface area contributed by atoms with E-state index >= 15 is 0 Å². The van der Waals surface area contributed by atoms with Crippen LogP contribution in [0.25, 0.3) is 0 Å². The molecule has 6 heteroatoms. The lowest BCUT2D eigenvalue weighted by molar-refractivity contribution is 0.0950. The number of aromatic amines is 1. The summed E-state index contributed by atoms with van der Waals surface area (Å²) in [6, 6.07) is 4.80. The van der Waals surface area contributed by atoms with Crippen LogP contribution >= 0.6 is 0 Å². The van der Waals surface area contributed by atoms with Crippen molar-refractivity contribution in [1.82, 2.24) is 10.3 Å². The largest absolute Gasteiger partial charge is 0.397 e. The summed E-state index contributed by atoms with van der Waals surface area (Å²) in [6.07, 6.45) is 1.85. The van der Waals surface area contributed by atoms with E-state index in [1.54, 1.807) is 0 Å². The average molecular weight is 265 g/mol. The molecule has 4 N–H and O–H groups in total. The summed E-state index contributed by atoms with van der Waals surface area (Å²) in [7, 11) is 0. The normalized spacial score (nSPS) is 10.4. The molecule has 2 rings (SSSR count). The monoisotopic (exact) mass is 265 g/mol. The fourth-order valence-corrected chi connectivity index (χ4v) is 1.71. The van der Waals surface area contributed by atoms with Gasteiger partial charge in [0.2, 0.25) is 0 Å². The molecule has 1 aromatic heterocycles. The highest BCUT2D eigenvalue weighted by molar-refractivity contribution is 5.93. The van der Waals surface area contributed by atoms with E-state index in [1.807, 2.05) is 0 Å². The summed E-state index contributed by atoms with van der Waals surface area (Å²) in [6.45, 7) is 0.278. The van der Waals surface area contributed by atoms with E-state index in [2.05, 4.69) is 10.3 Å². The third-order valence-electron chi connectivity index (χ3n) is 2.57. The molecule has 1 aromatic carbocycles. The van der Waals surface area contributed by atoms with Crippen molar-refractivity contribution in [3.63, 3.8) is 0 Å². The first-order chi connectivity index (χ1) is 9.04. The van der Waals surface area contributed by atoms with Gasteiger partial charge in [0.1, 0.15) is 17.3 Å². The van der Waals surface area contributed by atoms with Gasteiger partial charge in [-0.05, 0) is 30.2 Å². The van der Waals surface area contributed by atoms with Crippen molar-refractivity contribution < 1.29 is 13.6 Å². The Labute approximate surface area is 108 Å². The number of carbonyl (C=O) groups excluding carboxylic acids is 1. The van der Waals surface area contributed by atoms with Crippen molar-refractivity contribution in [1.29, 1.82) is 0 Å². The standard InChI is InChI=1S/C13H13F2N3O/c14-9-3-8(4-10(15)5-9)1-2-17-13(19)12-6-11(16)7-18-12/h3-7,18H,1-2,16H2,(H,17,19). The maximum atomic E-state index is 12.9. The fourth-order valence-electron chi connectivity index (χ4n) is 1.71. The molecule has 0 atom stereocenters. The average Bonchev–Trinajstić information content (AvgIpc) is 2.74.